The molecule has 0 saturated carbocycles. The molecule has 0 aliphatic carbocycles. The van der Waals surface area contributed by atoms with Crippen molar-refractivity contribution in [1.29, 1.82) is 0 Å². The highest BCUT2D eigenvalue weighted by atomic mass is 32.1. The molecule has 2 N–H and O–H groups in total. The van der Waals surface area contributed by atoms with Crippen molar-refractivity contribution in [3.05, 3.63) is 46.5 Å². The van der Waals surface area contributed by atoms with Gasteiger partial charge >= 0.3 is 6.18 Å². The van der Waals surface area contributed by atoms with Crippen LogP contribution in [0.1, 0.15) is 16.8 Å². The number of benzene rings is 1. The Hall–Kier alpha value is -1.56. The lowest BCUT2D eigenvalue weighted by atomic mass is 10.1. The molecule has 2 nitrogen and oxygen atoms in total. The number of alkyl halides is 3. The van der Waals surface area contributed by atoms with Crippen molar-refractivity contribution in [1.82, 2.24) is 4.98 Å². The van der Waals surface area contributed by atoms with E-state index in [1.54, 1.807) is 5.38 Å². The van der Waals surface area contributed by atoms with E-state index in [4.69, 9.17) is 5.73 Å². The molecule has 1 aromatic heterocycles. The first-order valence-electron chi connectivity index (χ1n) is 4.81. The van der Waals surface area contributed by atoms with E-state index in [1.807, 2.05) is 0 Å². The molecule has 0 fully saturated rings. The van der Waals surface area contributed by atoms with Gasteiger partial charge in [-0.25, -0.2) is 4.98 Å². The average molecular weight is 258 g/mol. The molecule has 0 saturated heterocycles. The minimum Gasteiger partial charge on any atom is -0.375 e. The lowest BCUT2D eigenvalue weighted by Crippen LogP contribution is -2.04. The molecule has 0 amide bonds. The van der Waals surface area contributed by atoms with Crippen LogP contribution >= 0.6 is 11.3 Å². The smallest absolute Gasteiger partial charge is 0.375 e. The van der Waals surface area contributed by atoms with E-state index in [0.29, 0.717) is 11.6 Å². The van der Waals surface area contributed by atoms with Crippen LogP contribution < -0.4 is 5.73 Å². The predicted molar refractivity (Wildman–Crippen MR) is 60.8 cm³/mol. The van der Waals surface area contributed by atoms with E-state index in [9.17, 15) is 13.2 Å². The largest absolute Gasteiger partial charge is 0.416 e. The minimum absolute atomic E-state index is 0.465. The first-order chi connectivity index (χ1) is 7.95. The van der Waals surface area contributed by atoms with Gasteiger partial charge in [-0.05, 0) is 17.7 Å². The van der Waals surface area contributed by atoms with Crippen molar-refractivity contribution in [2.75, 3.05) is 5.73 Å². The number of thiazole rings is 1. The van der Waals surface area contributed by atoms with Crippen LogP contribution in [0.25, 0.3) is 0 Å². The zero-order valence-electron chi connectivity index (χ0n) is 8.66. The Morgan fingerprint density at radius 3 is 2.29 bits per heavy atom. The molecule has 0 aliphatic heterocycles. The van der Waals surface area contributed by atoms with Gasteiger partial charge in [0.05, 0.1) is 11.3 Å². The molecule has 2 rings (SSSR count). The van der Waals surface area contributed by atoms with Crippen LogP contribution in [0.3, 0.4) is 0 Å². The second-order valence-electron chi connectivity index (χ2n) is 3.55. The third-order valence-electron chi connectivity index (χ3n) is 2.24. The fourth-order valence-electron chi connectivity index (χ4n) is 1.42. The SMILES string of the molecule is Nc1nc(Cc2ccc(C(F)(F)F)cc2)cs1. The number of nitrogen functional groups attached to an aromatic ring is 1. The quantitative estimate of drug-likeness (QED) is 0.897. The van der Waals surface area contributed by atoms with Crippen LogP contribution in [0, 0.1) is 0 Å². The lowest BCUT2D eigenvalue weighted by molar-refractivity contribution is -0.137. The molecule has 0 unspecified atom stereocenters. The Morgan fingerprint density at radius 1 is 1.18 bits per heavy atom. The van der Waals surface area contributed by atoms with Crippen LogP contribution in [0.4, 0.5) is 18.3 Å². The minimum atomic E-state index is -4.29. The number of halogens is 3. The zero-order chi connectivity index (χ0) is 12.5. The molecule has 0 aliphatic rings. The average Bonchev–Trinajstić information content (AvgIpc) is 2.63. The molecule has 6 heteroatoms. The highest BCUT2D eigenvalue weighted by molar-refractivity contribution is 7.13. The van der Waals surface area contributed by atoms with Crippen LogP contribution in [0.5, 0.6) is 0 Å². The number of nitrogens with two attached hydrogens (primary N) is 1. The molecule has 2 aromatic rings. The molecule has 0 spiro atoms. The van der Waals surface area contributed by atoms with Gasteiger partial charge in [-0.1, -0.05) is 12.1 Å². The van der Waals surface area contributed by atoms with Crippen molar-refractivity contribution >= 4 is 16.5 Å². The Balaban J connectivity index is 2.13. The van der Waals surface area contributed by atoms with E-state index in [-0.39, 0.29) is 0 Å². The summed E-state index contributed by atoms with van der Waals surface area (Å²) >= 11 is 1.32. The molecule has 17 heavy (non-hydrogen) atoms. The summed E-state index contributed by atoms with van der Waals surface area (Å²) in [5.41, 5.74) is 6.38. The number of hydrogen-bond donors (Lipinski definition) is 1. The van der Waals surface area contributed by atoms with Crippen LogP contribution in [-0.4, -0.2) is 4.98 Å². The van der Waals surface area contributed by atoms with Gasteiger partial charge in [-0.3, -0.25) is 0 Å². The lowest BCUT2D eigenvalue weighted by Gasteiger charge is -2.06. The van der Waals surface area contributed by atoms with Crippen molar-refractivity contribution in [3.63, 3.8) is 0 Å². The van der Waals surface area contributed by atoms with Gasteiger partial charge in [0.25, 0.3) is 0 Å². The number of hydrogen-bond acceptors (Lipinski definition) is 3. The van der Waals surface area contributed by atoms with Crippen LogP contribution in [0.15, 0.2) is 29.6 Å². The van der Waals surface area contributed by atoms with Gasteiger partial charge < -0.3 is 5.73 Å². The maximum atomic E-state index is 12.3. The van der Waals surface area contributed by atoms with Crippen molar-refractivity contribution < 1.29 is 13.2 Å². The first kappa shape index (κ1) is 11.9. The topological polar surface area (TPSA) is 38.9 Å². The van der Waals surface area contributed by atoms with E-state index in [0.717, 1.165) is 23.4 Å². The van der Waals surface area contributed by atoms with Crippen molar-refractivity contribution in [3.8, 4) is 0 Å². The summed E-state index contributed by atoms with van der Waals surface area (Å²) in [4.78, 5) is 4.05. The van der Waals surface area contributed by atoms with E-state index in [1.165, 1.54) is 23.5 Å². The summed E-state index contributed by atoms with van der Waals surface area (Å²) in [6.45, 7) is 0. The second-order valence-corrected chi connectivity index (χ2v) is 4.44. The maximum Gasteiger partial charge on any atom is 0.416 e. The third kappa shape index (κ3) is 2.97. The first-order valence-corrected chi connectivity index (χ1v) is 5.69. The molecule has 1 heterocycles. The monoisotopic (exact) mass is 258 g/mol. The maximum absolute atomic E-state index is 12.3. The van der Waals surface area contributed by atoms with Gasteiger partial charge in [-0.15, -0.1) is 11.3 Å². The van der Waals surface area contributed by atoms with Gasteiger partial charge in [0, 0.05) is 11.8 Å². The number of rotatable bonds is 2. The van der Waals surface area contributed by atoms with Crippen molar-refractivity contribution in [2.24, 2.45) is 0 Å². The zero-order valence-corrected chi connectivity index (χ0v) is 9.48. The van der Waals surface area contributed by atoms with E-state index < -0.39 is 11.7 Å². The number of anilines is 1. The van der Waals surface area contributed by atoms with Gasteiger partial charge in [0.15, 0.2) is 5.13 Å². The van der Waals surface area contributed by atoms with Gasteiger partial charge in [0.1, 0.15) is 0 Å². The normalized spacial score (nSPS) is 11.7. The Bertz CT molecular complexity index is 502. The van der Waals surface area contributed by atoms with Crippen LogP contribution in [0.2, 0.25) is 0 Å². The number of nitrogens with zero attached hydrogens (tertiary/aromatic N) is 1. The Morgan fingerprint density at radius 2 is 1.82 bits per heavy atom. The third-order valence-corrected chi connectivity index (χ3v) is 2.96. The van der Waals surface area contributed by atoms with Crippen LogP contribution in [-0.2, 0) is 12.6 Å². The molecule has 0 radical (unpaired) electrons. The highest BCUT2D eigenvalue weighted by Crippen LogP contribution is 2.29. The summed E-state index contributed by atoms with van der Waals surface area (Å²) in [5, 5.41) is 2.26. The molecule has 90 valence electrons. The molecular weight excluding hydrogens is 249 g/mol. The molecule has 1 aromatic carbocycles. The summed E-state index contributed by atoms with van der Waals surface area (Å²) in [6, 6.07) is 5.06. The van der Waals surface area contributed by atoms with E-state index in [2.05, 4.69) is 4.98 Å². The number of aromatic nitrogens is 1. The van der Waals surface area contributed by atoms with E-state index >= 15 is 0 Å². The fourth-order valence-corrected chi connectivity index (χ4v) is 1.99. The summed E-state index contributed by atoms with van der Waals surface area (Å²) < 4.78 is 37.0. The summed E-state index contributed by atoms with van der Waals surface area (Å²) in [7, 11) is 0. The second kappa shape index (κ2) is 4.37. The Labute approximate surface area is 99.9 Å². The summed E-state index contributed by atoms with van der Waals surface area (Å²) in [5.74, 6) is 0. The van der Waals surface area contributed by atoms with Gasteiger partial charge in [-0.2, -0.15) is 13.2 Å². The van der Waals surface area contributed by atoms with Gasteiger partial charge in [0.2, 0.25) is 0 Å². The molecular formula is C11H9F3N2S. The molecule has 0 bridgehead atoms. The highest BCUT2D eigenvalue weighted by Gasteiger charge is 2.29. The molecule has 0 atom stereocenters. The Kier molecular flexibility index (Phi) is 3.06. The fraction of sp³-hybridized carbons (Fsp3) is 0.182. The summed E-state index contributed by atoms with van der Waals surface area (Å²) in [6.07, 6.45) is -3.80. The predicted octanol–water partition coefficient (Wildman–Crippen LogP) is 3.33. The standard InChI is InChI=1S/C11H9F3N2S/c12-11(13,14)8-3-1-7(2-4-8)5-9-6-17-10(15)16-9/h1-4,6H,5H2,(H2,15,16). The van der Waals surface area contributed by atoms with Crippen molar-refractivity contribution in [2.45, 2.75) is 12.6 Å².